The summed E-state index contributed by atoms with van der Waals surface area (Å²) >= 11 is 0. The highest BCUT2D eigenvalue weighted by atomic mass is 16.5. The van der Waals surface area contributed by atoms with Gasteiger partial charge < -0.3 is 19.9 Å². The third-order valence-electron chi connectivity index (χ3n) is 4.40. The van der Waals surface area contributed by atoms with Gasteiger partial charge in [-0.25, -0.2) is 0 Å². The van der Waals surface area contributed by atoms with Gasteiger partial charge in [0, 0.05) is 20.2 Å². The average Bonchev–Trinajstić information content (AvgIpc) is 2.61. The lowest BCUT2D eigenvalue weighted by atomic mass is 9.84. The van der Waals surface area contributed by atoms with Gasteiger partial charge in [0.05, 0.1) is 39.1 Å². The average molecular weight is 390 g/mol. The molecular weight excluding hydrogens is 346 g/mol. The molecule has 162 valence electrons. The van der Waals surface area contributed by atoms with E-state index in [9.17, 15) is 9.59 Å². The highest BCUT2D eigenvalue weighted by molar-refractivity contribution is 5.80. The lowest BCUT2D eigenvalue weighted by Gasteiger charge is -2.21. The molecule has 0 bridgehead atoms. The Hall–Kier alpha value is -0.980. The number of carbonyl (C=O) groups excluding carboxylic acids is 2. The van der Waals surface area contributed by atoms with E-state index in [4.69, 9.17) is 19.9 Å². The minimum Gasteiger partial charge on any atom is -0.379 e. The maximum absolute atomic E-state index is 11.4. The van der Waals surface area contributed by atoms with Crippen LogP contribution in [0.4, 0.5) is 0 Å². The number of carbonyl (C=O) groups is 2. The monoisotopic (exact) mass is 389 g/mol. The standard InChI is InChI=1S/C11H20O.C10H21NO4.H2/c1-9(2)11(12)8-10-6-4-3-5-7-10;1-9(2)15-8-7-14-6-5-13-4-3-10(11)12;/h9-10H,3-8H2,1-2H3;9H,3-8H2,1-2H3,(H2,11,12);1H. The van der Waals surface area contributed by atoms with Crippen molar-refractivity contribution in [2.45, 2.75) is 78.7 Å². The van der Waals surface area contributed by atoms with Gasteiger partial charge in [-0.2, -0.15) is 0 Å². The predicted molar refractivity (Wildman–Crippen MR) is 110 cm³/mol. The summed E-state index contributed by atoms with van der Waals surface area (Å²) in [5.74, 6) is 1.07. The van der Waals surface area contributed by atoms with Crippen LogP contribution in [0.15, 0.2) is 0 Å². The van der Waals surface area contributed by atoms with E-state index in [-0.39, 0.29) is 25.8 Å². The Labute approximate surface area is 167 Å². The number of ether oxygens (including phenoxy) is 3. The molecule has 0 unspecified atom stereocenters. The van der Waals surface area contributed by atoms with Gasteiger partial charge in [0.25, 0.3) is 0 Å². The molecule has 1 aliphatic rings. The van der Waals surface area contributed by atoms with Crippen molar-refractivity contribution < 1.29 is 25.2 Å². The van der Waals surface area contributed by atoms with Crippen LogP contribution in [-0.2, 0) is 23.8 Å². The number of rotatable bonds is 13. The molecule has 0 spiro atoms. The minimum absolute atomic E-state index is 0. The summed E-state index contributed by atoms with van der Waals surface area (Å²) < 4.78 is 15.6. The van der Waals surface area contributed by atoms with Crippen molar-refractivity contribution in [3.8, 4) is 0 Å². The fourth-order valence-electron chi connectivity index (χ4n) is 2.75. The molecule has 27 heavy (non-hydrogen) atoms. The molecule has 0 saturated heterocycles. The van der Waals surface area contributed by atoms with Gasteiger partial charge >= 0.3 is 0 Å². The Morgan fingerprint density at radius 1 is 0.926 bits per heavy atom. The fourth-order valence-corrected chi connectivity index (χ4v) is 2.75. The summed E-state index contributed by atoms with van der Waals surface area (Å²) in [6.45, 7) is 10.5. The zero-order chi connectivity index (χ0) is 20.5. The van der Waals surface area contributed by atoms with Gasteiger partial charge in [-0.1, -0.05) is 46.0 Å². The van der Waals surface area contributed by atoms with Gasteiger partial charge in [-0.3, -0.25) is 9.59 Å². The van der Waals surface area contributed by atoms with Crippen LogP contribution in [0.3, 0.4) is 0 Å². The van der Waals surface area contributed by atoms with E-state index in [0.717, 1.165) is 6.42 Å². The van der Waals surface area contributed by atoms with Crippen LogP contribution in [-0.4, -0.2) is 50.8 Å². The zero-order valence-corrected chi connectivity index (χ0v) is 17.8. The fraction of sp³-hybridized carbons (Fsp3) is 0.905. The summed E-state index contributed by atoms with van der Waals surface area (Å²) in [5, 5.41) is 0. The normalized spacial score (nSPS) is 14.9. The predicted octanol–water partition coefficient (Wildman–Crippen LogP) is 3.75. The summed E-state index contributed by atoms with van der Waals surface area (Å²) in [5.41, 5.74) is 4.93. The Balaban J connectivity index is 0. The van der Waals surface area contributed by atoms with E-state index in [1.807, 2.05) is 27.7 Å². The molecule has 0 radical (unpaired) electrons. The van der Waals surface area contributed by atoms with Crippen molar-refractivity contribution in [3.63, 3.8) is 0 Å². The highest BCUT2D eigenvalue weighted by Crippen LogP contribution is 2.27. The van der Waals surface area contributed by atoms with Crippen molar-refractivity contribution in [3.05, 3.63) is 0 Å². The molecule has 1 saturated carbocycles. The molecule has 6 heteroatoms. The van der Waals surface area contributed by atoms with Gasteiger partial charge in [-0.05, 0) is 19.8 Å². The molecule has 1 rings (SSSR count). The second-order valence-electron chi connectivity index (χ2n) is 7.69. The molecule has 1 fully saturated rings. The first kappa shape index (κ1) is 26.0. The molecule has 0 aromatic heterocycles. The largest absolute Gasteiger partial charge is 0.379 e. The van der Waals surface area contributed by atoms with Gasteiger partial charge in [0.1, 0.15) is 5.78 Å². The molecule has 0 atom stereocenters. The number of hydrogen-bond donors (Lipinski definition) is 1. The third-order valence-corrected chi connectivity index (χ3v) is 4.40. The van der Waals surface area contributed by atoms with Crippen molar-refractivity contribution in [1.29, 1.82) is 0 Å². The Bertz CT molecular complexity index is 385. The molecule has 1 aliphatic carbocycles. The summed E-state index contributed by atoms with van der Waals surface area (Å²) in [6, 6.07) is 0. The smallest absolute Gasteiger partial charge is 0.219 e. The summed E-state index contributed by atoms with van der Waals surface area (Å²) in [7, 11) is 0. The van der Waals surface area contributed by atoms with Crippen molar-refractivity contribution >= 4 is 11.7 Å². The van der Waals surface area contributed by atoms with Gasteiger partial charge in [0.15, 0.2) is 0 Å². The second-order valence-corrected chi connectivity index (χ2v) is 7.69. The first-order valence-electron chi connectivity index (χ1n) is 10.4. The number of primary amides is 1. The van der Waals surface area contributed by atoms with Crippen LogP contribution in [0, 0.1) is 11.8 Å². The van der Waals surface area contributed by atoms with Crippen LogP contribution in [0.2, 0.25) is 0 Å². The summed E-state index contributed by atoms with van der Waals surface area (Å²) in [4.78, 5) is 21.7. The minimum atomic E-state index is -0.346. The van der Waals surface area contributed by atoms with E-state index < -0.39 is 0 Å². The van der Waals surface area contributed by atoms with Crippen molar-refractivity contribution in [2.75, 3.05) is 33.0 Å². The summed E-state index contributed by atoms with van der Waals surface area (Å²) in [6.07, 6.45) is 7.99. The first-order chi connectivity index (χ1) is 12.8. The molecule has 0 aromatic rings. The number of amides is 1. The van der Waals surface area contributed by atoms with E-state index in [1.165, 1.54) is 32.1 Å². The Morgan fingerprint density at radius 2 is 1.48 bits per heavy atom. The molecule has 0 aliphatic heterocycles. The van der Waals surface area contributed by atoms with Crippen molar-refractivity contribution in [2.24, 2.45) is 17.6 Å². The van der Waals surface area contributed by atoms with Crippen LogP contribution in [0.5, 0.6) is 0 Å². The molecular formula is C21H43NO5. The molecule has 0 aromatic carbocycles. The molecule has 0 heterocycles. The number of nitrogens with two attached hydrogens (primary N) is 1. The number of hydrogen-bond acceptors (Lipinski definition) is 5. The van der Waals surface area contributed by atoms with Crippen LogP contribution in [0.1, 0.15) is 74.1 Å². The number of Topliss-reactive ketones (excluding diaryl/α,β-unsaturated/α-hetero) is 1. The molecule has 6 nitrogen and oxygen atoms in total. The molecule has 2 N–H and O–H groups in total. The van der Waals surface area contributed by atoms with E-state index in [2.05, 4.69) is 0 Å². The maximum atomic E-state index is 11.4. The van der Waals surface area contributed by atoms with Gasteiger partial charge in [-0.15, -0.1) is 0 Å². The highest BCUT2D eigenvalue weighted by Gasteiger charge is 2.18. The molecule has 1 amide bonds. The van der Waals surface area contributed by atoms with E-state index in [1.54, 1.807) is 0 Å². The topological polar surface area (TPSA) is 87.8 Å². The lowest BCUT2D eigenvalue weighted by Crippen LogP contribution is -2.15. The van der Waals surface area contributed by atoms with E-state index in [0.29, 0.717) is 44.7 Å². The van der Waals surface area contributed by atoms with E-state index >= 15 is 0 Å². The van der Waals surface area contributed by atoms with Crippen LogP contribution >= 0.6 is 0 Å². The Kier molecular flexibility index (Phi) is 16.5. The zero-order valence-electron chi connectivity index (χ0n) is 17.8. The van der Waals surface area contributed by atoms with Gasteiger partial charge in [0.2, 0.25) is 5.91 Å². The number of ketones is 1. The first-order valence-corrected chi connectivity index (χ1v) is 10.4. The second kappa shape index (κ2) is 17.1. The van der Waals surface area contributed by atoms with Crippen LogP contribution in [0.25, 0.3) is 0 Å². The van der Waals surface area contributed by atoms with Crippen molar-refractivity contribution in [1.82, 2.24) is 0 Å². The quantitative estimate of drug-likeness (QED) is 0.485. The SMILES string of the molecule is CC(C)C(=O)CC1CCCCC1.CC(C)OCCOCCOCCC(N)=O.[HH]. The third kappa shape index (κ3) is 18.2. The lowest BCUT2D eigenvalue weighted by molar-refractivity contribution is -0.123. The Morgan fingerprint density at radius 3 is 2.00 bits per heavy atom. The maximum Gasteiger partial charge on any atom is 0.219 e. The van der Waals surface area contributed by atoms with Crippen LogP contribution < -0.4 is 5.73 Å².